The average Bonchev–Trinajstić information content (AvgIpc) is 2.74. The molecule has 3 N–H and O–H groups in total. The van der Waals surface area contributed by atoms with E-state index in [1.807, 2.05) is 25.3 Å². The number of hydrazone groups is 1. The molecule has 0 unspecified atom stereocenters. The quantitative estimate of drug-likeness (QED) is 0.580. The molecule has 0 radical (unpaired) electrons. The van der Waals surface area contributed by atoms with Crippen molar-refractivity contribution in [1.29, 1.82) is 0 Å². The van der Waals surface area contributed by atoms with E-state index in [0.717, 1.165) is 11.4 Å². The van der Waals surface area contributed by atoms with Gasteiger partial charge >= 0.3 is 5.69 Å². The van der Waals surface area contributed by atoms with Crippen LogP contribution in [0.15, 0.2) is 50.7 Å². The molecule has 1 aliphatic heterocycles. The van der Waals surface area contributed by atoms with Gasteiger partial charge in [0, 0.05) is 30.1 Å². The molecule has 24 heavy (non-hydrogen) atoms. The molecule has 0 saturated carbocycles. The average molecular weight is 326 g/mol. The molecule has 8 heteroatoms. The Labute approximate surface area is 137 Å². The van der Waals surface area contributed by atoms with Gasteiger partial charge in [0.05, 0.1) is 0 Å². The lowest BCUT2D eigenvalue weighted by Gasteiger charge is -2.23. The van der Waals surface area contributed by atoms with Crippen molar-refractivity contribution in [2.45, 2.75) is 19.3 Å². The highest BCUT2D eigenvalue weighted by atomic mass is 16.2. The zero-order valence-electron chi connectivity index (χ0n) is 13.6. The van der Waals surface area contributed by atoms with E-state index >= 15 is 0 Å². The summed E-state index contributed by atoms with van der Waals surface area (Å²) in [7, 11) is 2.01. The summed E-state index contributed by atoms with van der Waals surface area (Å²) in [6, 6.07) is 8.24. The van der Waals surface area contributed by atoms with Crippen LogP contribution in [-0.4, -0.2) is 28.4 Å². The number of allylic oxidation sites excluding steroid dienone is 2. The van der Waals surface area contributed by atoms with Crippen molar-refractivity contribution in [3.8, 4) is 0 Å². The molecule has 2 heterocycles. The molecule has 3 rings (SSSR count). The molecular formula is C16H18N6O2. The molecule has 0 atom stereocenters. The summed E-state index contributed by atoms with van der Waals surface area (Å²) in [6.45, 7) is 4.30. The van der Waals surface area contributed by atoms with E-state index in [9.17, 15) is 9.59 Å². The van der Waals surface area contributed by atoms with E-state index in [1.54, 1.807) is 6.21 Å². The second-order valence-corrected chi connectivity index (χ2v) is 6.00. The Kier molecular flexibility index (Phi) is 3.80. The van der Waals surface area contributed by atoms with E-state index in [1.165, 1.54) is 5.56 Å². The first-order chi connectivity index (χ1) is 11.4. The number of para-hydroxylation sites is 1. The van der Waals surface area contributed by atoms with Gasteiger partial charge in [-0.25, -0.2) is 9.89 Å². The lowest BCUT2D eigenvalue weighted by atomic mass is 9.84. The number of hydrogen-bond donors (Lipinski definition) is 3. The van der Waals surface area contributed by atoms with Gasteiger partial charge in [0.15, 0.2) is 0 Å². The molecule has 8 nitrogen and oxygen atoms in total. The molecule has 124 valence electrons. The zero-order valence-corrected chi connectivity index (χ0v) is 13.6. The maximum Gasteiger partial charge on any atom is 0.342 e. The van der Waals surface area contributed by atoms with Gasteiger partial charge in [-0.3, -0.25) is 15.2 Å². The highest BCUT2D eigenvalue weighted by Crippen LogP contribution is 2.46. The molecule has 1 aromatic carbocycles. The van der Waals surface area contributed by atoms with Crippen LogP contribution in [0.4, 0.5) is 11.5 Å². The van der Waals surface area contributed by atoms with Crippen LogP contribution in [0.2, 0.25) is 0 Å². The summed E-state index contributed by atoms with van der Waals surface area (Å²) in [5, 5.41) is 9.70. The summed E-state index contributed by atoms with van der Waals surface area (Å²) < 4.78 is 0. The highest BCUT2D eigenvalue weighted by molar-refractivity contribution is 5.79. The number of nitrogens with zero attached hydrogens (tertiary/aromatic N) is 3. The fraction of sp³-hybridized carbons (Fsp3) is 0.250. The number of H-pyrrole nitrogens is 2. The number of hydrogen-bond acceptors (Lipinski definition) is 6. The molecule has 1 aromatic heterocycles. The second kappa shape index (κ2) is 5.80. The maximum absolute atomic E-state index is 11.5. The number of anilines is 2. The van der Waals surface area contributed by atoms with Crippen molar-refractivity contribution in [2.75, 3.05) is 17.4 Å². The van der Waals surface area contributed by atoms with Crippen LogP contribution in [0.3, 0.4) is 0 Å². The molecule has 1 aliphatic rings. The minimum Gasteiger partial charge on any atom is -0.347 e. The lowest BCUT2D eigenvalue weighted by Crippen LogP contribution is -2.25. The normalized spacial score (nSPS) is 17.5. The summed E-state index contributed by atoms with van der Waals surface area (Å²) in [5.74, 6) is -0.0772. The fourth-order valence-electron chi connectivity index (χ4n) is 2.93. The molecule has 0 amide bonds. The third-order valence-corrected chi connectivity index (χ3v) is 4.13. The van der Waals surface area contributed by atoms with E-state index in [0.29, 0.717) is 0 Å². The van der Waals surface area contributed by atoms with E-state index < -0.39 is 11.2 Å². The Morgan fingerprint density at radius 3 is 2.75 bits per heavy atom. The van der Waals surface area contributed by atoms with E-state index in [4.69, 9.17) is 0 Å². The smallest absolute Gasteiger partial charge is 0.342 e. The van der Waals surface area contributed by atoms with Gasteiger partial charge in [-0.2, -0.15) is 5.10 Å². The summed E-state index contributed by atoms with van der Waals surface area (Å²) in [4.78, 5) is 26.6. The summed E-state index contributed by atoms with van der Waals surface area (Å²) in [5.41, 5.74) is 4.56. The molecule has 2 aromatic rings. The van der Waals surface area contributed by atoms with Gasteiger partial charge in [0.1, 0.15) is 0 Å². The van der Waals surface area contributed by atoms with E-state index in [2.05, 4.69) is 56.6 Å². The Balaban J connectivity index is 1.82. The molecule has 0 spiro atoms. The Morgan fingerprint density at radius 1 is 1.29 bits per heavy atom. The van der Waals surface area contributed by atoms with Crippen LogP contribution >= 0.6 is 0 Å². The largest absolute Gasteiger partial charge is 0.347 e. The monoisotopic (exact) mass is 326 g/mol. The van der Waals surface area contributed by atoms with Crippen molar-refractivity contribution in [2.24, 2.45) is 5.10 Å². The third-order valence-electron chi connectivity index (χ3n) is 4.13. The van der Waals surface area contributed by atoms with Crippen LogP contribution in [0.5, 0.6) is 0 Å². The predicted molar refractivity (Wildman–Crippen MR) is 93.5 cm³/mol. The predicted octanol–water partition coefficient (Wildman–Crippen LogP) is 1.17. The molecule has 0 aliphatic carbocycles. The van der Waals surface area contributed by atoms with Gasteiger partial charge < -0.3 is 4.90 Å². The minimum atomic E-state index is -0.663. The number of rotatable bonds is 3. The first-order valence-electron chi connectivity index (χ1n) is 7.43. The van der Waals surface area contributed by atoms with Crippen molar-refractivity contribution in [3.05, 3.63) is 62.4 Å². The van der Waals surface area contributed by atoms with Crippen LogP contribution < -0.4 is 21.6 Å². The topological polar surface area (TPSA) is 106 Å². The van der Waals surface area contributed by atoms with Gasteiger partial charge in [0.2, 0.25) is 5.82 Å². The fourth-order valence-corrected chi connectivity index (χ4v) is 2.93. The first-order valence-corrected chi connectivity index (χ1v) is 7.43. The van der Waals surface area contributed by atoms with Crippen molar-refractivity contribution in [1.82, 2.24) is 15.2 Å². The number of likely N-dealkylation sites (N-methyl/N-ethyl adjacent to an activating group) is 1. The number of benzene rings is 1. The number of nitrogens with one attached hydrogen (secondary N) is 3. The molecule has 0 bridgehead atoms. The maximum atomic E-state index is 11.5. The van der Waals surface area contributed by atoms with Gasteiger partial charge in [-0.05, 0) is 17.7 Å². The third kappa shape index (κ3) is 2.62. The summed E-state index contributed by atoms with van der Waals surface area (Å²) >= 11 is 0. The minimum absolute atomic E-state index is 0.0772. The Morgan fingerprint density at radius 2 is 2.04 bits per heavy atom. The van der Waals surface area contributed by atoms with Crippen LogP contribution in [0.25, 0.3) is 0 Å². The van der Waals surface area contributed by atoms with E-state index in [-0.39, 0.29) is 11.2 Å². The van der Waals surface area contributed by atoms with Gasteiger partial charge in [-0.15, -0.1) is 5.10 Å². The standard InChI is InChI=1S/C16H18N6O2/c1-16(2)10-6-4-5-7-11(10)22(3)12(16)8-9-17-19-13-14(23)18-15(24)21-20-13/h4-9H,1-3H3,(H,19,20)(H2,18,21,23,24)/b12-8-,17-9+. The SMILES string of the molecule is CN1/C(=C\C=N\Nc2n[nH]c(=O)[nH]c2=O)C(C)(C)c2ccccc21. The van der Waals surface area contributed by atoms with Crippen molar-refractivity contribution >= 4 is 17.7 Å². The van der Waals surface area contributed by atoms with Crippen molar-refractivity contribution in [3.63, 3.8) is 0 Å². The van der Waals surface area contributed by atoms with Gasteiger partial charge in [-0.1, -0.05) is 32.0 Å². The number of aromatic nitrogens is 3. The number of aromatic amines is 2. The molecule has 0 fully saturated rings. The first kappa shape index (κ1) is 15.7. The lowest BCUT2D eigenvalue weighted by molar-refractivity contribution is 0.641. The Bertz CT molecular complexity index is 938. The van der Waals surface area contributed by atoms with Gasteiger partial charge in [0.25, 0.3) is 5.56 Å². The molecule has 0 saturated heterocycles. The van der Waals surface area contributed by atoms with Crippen LogP contribution in [0.1, 0.15) is 19.4 Å². The second-order valence-electron chi connectivity index (χ2n) is 6.00. The molecular weight excluding hydrogens is 308 g/mol. The van der Waals surface area contributed by atoms with Crippen LogP contribution in [0, 0.1) is 0 Å². The Hall–Kier alpha value is -3.16. The number of fused-ring (bicyclic) bond motifs is 1. The zero-order chi connectivity index (χ0) is 17.3. The summed E-state index contributed by atoms with van der Waals surface area (Å²) in [6.07, 6.45) is 3.44. The van der Waals surface area contributed by atoms with Crippen molar-refractivity contribution < 1.29 is 0 Å². The highest BCUT2D eigenvalue weighted by Gasteiger charge is 2.37. The van der Waals surface area contributed by atoms with Crippen LogP contribution in [-0.2, 0) is 5.41 Å².